The van der Waals surface area contributed by atoms with Gasteiger partial charge in [-0.15, -0.1) is 0 Å². The number of hydrogen-bond acceptors (Lipinski definition) is 4. The summed E-state index contributed by atoms with van der Waals surface area (Å²) in [4.78, 5) is 31.0. The minimum absolute atomic E-state index is 0.113. The maximum Gasteiger partial charge on any atom is 0.354 e. The maximum atomic E-state index is 12.6. The fraction of sp³-hybridized carbons (Fsp3) is 0.533. The summed E-state index contributed by atoms with van der Waals surface area (Å²) in [7, 11) is 3.90. The van der Waals surface area contributed by atoms with Crippen LogP contribution in [0.3, 0.4) is 0 Å². The second-order valence-corrected chi connectivity index (χ2v) is 5.68. The van der Waals surface area contributed by atoms with Crippen LogP contribution in [0, 0.1) is 5.92 Å². The molecule has 1 amide bonds. The van der Waals surface area contributed by atoms with Crippen molar-refractivity contribution in [3.8, 4) is 0 Å². The summed E-state index contributed by atoms with van der Waals surface area (Å²) < 4.78 is 0. The first-order valence-corrected chi connectivity index (χ1v) is 6.94. The largest absolute Gasteiger partial charge is 0.477 e. The molecule has 0 spiro atoms. The van der Waals surface area contributed by atoms with E-state index in [2.05, 4.69) is 4.98 Å². The highest BCUT2D eigenvalue weighted by Gasteiger charge is 2.18. The lowest BCUT2D eigenvalue weighted by molar-refractivity contribution is 0.0690. The molecule has 21 heavy (non-hydrogen) atoms. The van der Waals surface area contributed by atoms with Crippen molar-refractivity contribution in [2.24, 2.45) is 5.92 Å². The molecule has 0 aliphatic heterocycles. The Morgan fingerprint density at radius 3 is 2.48 bits per heavy atom. The number of carbonyl (C=O) groups excluding carboxylic acids is 1. The minimum Gasteiger partial charge on any atom is -0.477 e. The van der Waals surface area contributed by atoms with E-state index < -0.39 is 5.97 Å². The predicted octanol–water partition coefficient (Wildman–Crippen LogP) is 1.44. The second-order valence-electron chi connectivity index (χ2n) is 5.68. The Kier molecular flexibility index (Phi) is 6.30. The SMILES string of the molecule is CC(C)CN(CCN(C)C)C(=O)c1ccnc(C(=O)O)c1. The van der Waals surface area contributed by atoms with E-state index in [4.69, 9.17) is 5.11 Å². The Labute approximate surface area is 125 Å². The first kappa shape index (κ1) is 17.1. The smallest absolute Gasteiger partial charge is 0.354 e. The van der Waals surface area contributed by atoms with Crippen molar-refractivity contribution in [1.29, 1.82) is 0 Å². The lowest BCUT2D eigenvalue weighted by Gasteiger charge is -2.26. The number of rotatable bonds is 7. The van der Waals surface area contributed by atoms with E-state index >= 15 is 0 Å². The van der Waals surface area contributed by atoms with Gasteiger partial charge >= 0.3 is 5.97 Å². The summed E-state index contributed by atoms with van der Waals surface area (Å²) in [6.45, 7) is 6.10. The monoisotopic (exact) mass is 293 g/mol. The number of hydrogen-bond donors (Lipinski definition) is 1. The van der Waals surface area contributed by atoms with Gasteiger partial charge in [0.2, 0.25) is 0 Å². The molecule has 0 aromatic carbocycles. The normalized spacial score (nSPS) is 11.0. The van der Waals surface area contributed by atoms with Gasteiger partial charge in [-0.3, -0.25) is 4.79 Å². The summed E-state index contributed by atoms with van der Waals surface area (Å²) in [6.07, 6.45) is 1.36. The third-order valence-electron chi connectivity index (χ3n) is 2.92. The van der Waals surface area contributed by atoms with Gasteiger partial charge in [-0.2, -0.15) is 0 Å². The van der Waals surface area contributed by atoms with Gasteiger partial charge in [0.15, 0.2) is 0 Å². The molecule has 0 radical (unpaired) electrons. The number of likely N-dealkylation sites (N-methyl/N-ethyl adjacent to an activating group) is 1. The standard InChI is InChI=1S/C15H23N3O3/c1-11(2)10-18(8-7-17(3)4)14(19)12-5-6-16-13(9-12)15(20)21/h5-6,9,11H,7-8,10H2,1-4H3,(H,20,21). The molecule has 0 fully saturated rings. The third-order valence-corrected chi connectivity index (χ3v) is 2.92. The molecule has 0 unspecified atom stereocenters. The number of pyridine rings is 1. The summed E-state index contributed by atoms with van der Waals surface area (Å²) in [5.41, 5.74) is 0.250. The van der Waals surface area contributed by atoms with Crippen molar-refractivity contribution in [1.82, 2.24) is 14.8 Å². The van der Waals surface area contributed by atoms with Gasteiger partial charge in [-0.25, -0.2) is 9.78 Å². The Hall–Kier alpha value is -1.95. The zero-order valence-corrected chi connectivity index (χ0v) is 13.0. The number of nitrogens with zero attached hydrogens (tertiary/aromatic N) is 3. The summed E-state index contributed by atoms with van der Waals surface area (Å²) in [6, 6.07) is 2.88. The Balaban J connectivity index is 2.92. The van der Waals surface area contributed by atoms with Gasteiger partial charge in [0.1, 0.15) is 5.69 Å². The van der Waals surface area contributed by atoms with Crippen LogP contribution in [0.25, 0.3) is 0 Å². The van der Waals surface area contributed by atoms with Crippen LogP contribution in [0.15, 0.2) is 18.3 Å². The first-order chi connectivity index (χ1) is 9.81. The number of carboxylic acid groups (broad SMARTS) is 1. The van der Waals surface area contributed by atoms with Crippen LogP contribution in [-0.2, 0) is 0 Å². The predicted molar refractivity (Wildman–Crippen MR) is 80.5 cm³/mol. The van der Waals surface area contributed by atoms with Gasteiger partial charge in [0.05, 0.1) is 0 Å². The van der Waals surface area contributed by atoms with Crippen molar-refractivity contribution in [2.45, 2.75) is 13.8 Å². The third kappa shape index (κ3) is 5.51. The summed E-state index contributed by atoms with van der Waals surface area (Å²) in [5.74, 6) is -0.944. The highest BCUT2D eigenvalue weighted by atomic mass is 16.4. The summed E-state index contributed by atoms with van der Waals surface area (Å²) >= 11 is 0. The molecule has 1 heterocycles. The van der Waals surface area contributed by atoms with E-state index in [-0.39, 0.29) is 11.6 Å². The highest BCUT2D eigenvalue weighted by Crippen LogP contribution is 2.09. The highest BCUT2D eigenvalue weighted by molar-refractivity contribution is 5.96. The Bertz CT molecular complexity index is 501. The van der Waals surface area contributed by atoms with Crippen LogP contribution in [0.4, 0.5) is 0 Å². The molecule has 6 heteroatoms. The van der Waals surface area contributed by atoms with E-state index in [0.717, 1.165) is 6.54 Å². The number of carboxylic acids is 1. The maximum absolute atomic E-state index is 12.6. The van der Waals surface area contributed by atoms with E-state index in [0.29, 0.717) is 24.6 Å². The van der Waals surface area contributed by atoms with Crippen LogP contribution < -0.4 is 0 Å². The van der Waals surface area contributed by atoms with Gasteiger partial charge < -0.3 is 14.9 Å². The van der Waals surface area contributed by atoms with E-state index in [1.54, 1.807) is 11.0 Å². The van der Waals surface area contributed by atoms with E-state index in [9.17, 15) is 9.59 Å². The van der Waals surface area contributed by atoms with Crippen LogP contribution in [-0.4, -0.2) is 65.5 Å². The zero-order valence-electron chi connectivity index (χ0n) is 13.0. The molecule has 0 saturated heterocycles. The molecule has 0 atom stereocenters. The van der Waals surface area contributed by atoms with Crippen LogP contribution in [0.1, 0.15) is 34.7 Å². The van der Waals surface area contributed by atoms with Gasteiger partial charge in [-0.05, 0) is 32.1 Å². The van der Waals surface area contributed by atoms with Crippen molar-refractivity contribution in [2.75, 3.05) is 33.7 Å². The number of aromatic nitrogens is 1. The van der Waals surface area contributed by atoms with E-state index in [1.165, 1.54) is 12.3 Å². The Morgan fingerprint density at radius 1 is 1.29 bits per heavy atom. The molecular weight excluding hydrogens is 270 g/mol. The van der Waals surface area contributed by atoms with Crippen molar-refractivity contribution < 1.29 is 14.7 Å². The number of carbonyl (C=O) groups is 2. The van der Waals surface area contributed by atoms with Crippen molar-refractivity contribution in [3.63, 3.8) is 0 Å². The van der Waals surface area contributed by atoms with Crippen LogP contribution >= 0.6 is 0 Å². The van der Waals surface area contributed by atoms with Gasteiger partial charge in [0.25, 0.3) is 5.91 Å². The number of amides is 1. The topological polar surface area (TPSA) is 73.7 Å². The summed E-state index contributed by atoms with van der Waals surface area (Å²) in [5, 5.41) is 8.96. The Morgan fingerprint density at radius 2 is 1.95 bits per heavy atom. The van der Waals surface area contributed by atoms with Gasteiger partial charge in [0, 0.05) is 31.4 Å². The fourth-order valence-electron chi connectivity index (χ4n) is 1.90. The molecule has 1 rings (SSSR count). The fourth-order valence-corrected chi connectivity index (χ4v) is 1.90. The zero-order chi connectivity index (χ0) is 16.0. The van der Waals surface area contributed by atoms with Crippen LogP contribution in [0.5, 0.6) is 0 Å². The molecule has 0 aliphatic rings. The molecule has 6 nitrogen and oxygen atoms in total. The molecule has 1 aromatic heterocycles. The lowest BCUT2D eigenvalue weighted by atomic mass is 10.1. The van der Waals surface area contributed by atoms with Crippen molar-refractivity contribution >= 4 is 11.9 Å². The lowest BCUT2D eigenvalue weighted by Crippen LogP contribution is -2.39. The molecule has 0 saturated carbocycles. The molecular formula is C15H23N3O3. The van der Waals surface area contributed by atoms with Crippen LogP contribution in [0.2, 0.25) is 0 Å². The van der Waals surface area contributed by atoms with Crippen molar-refractivity contribution in [3.05, 3.63) is 29.6 Å². The molecule has 1 aromatic rings. The molecule has 0 bridgehead atoms. The second kappa shape index (κ2) is 7.73. The average molecular weight is 293 g/mol. The van der Waals surface area contributed by atoms with E-state index in [1.807, 2.05) is 32.8 Å². The van der Waals surface area contributed by atoms with Gasteiger partial charge in [-0.1, -0.05) is 13.8 Å². The number of aromatic carboxylic acids is 1. The average Bonchev–Trinajstić information content (AvgIpc) is 2.42. The molecule has 116 valence electrons. The quantitative estimate of drug-likeness (QED) is 0.823. The first-order valence-electron chi connectivity index (χ1n) is 6.94. The molecule has 0 aliphatic carbocycles. The minimum atomic E-state index is -1.13. The molecule has 1 N–H and O–H groups in total.